The van der Waals surface area contributed by atoms with E-state index in [2.05, 4.69) is 9.46 Å². The lowest BCUT2D eigenvalue weighted by atomic mass is 10.2. The molecule has 0 saturated heterocycles. The van der Waals surface area contributed by atoms with E-state index in [1.165, 1.54) is 0 Å². The Bertz CT molecular complexity index is 304. The highest BCUT2D eigenvalue weighted by Gasteiger charge is 2.18. The first-order valence-electron chi connectivity index (χ1n) is 4.29. The Morgan fingerprint density at radius 3 is 2.40 bits per heavy atom. The molecule has 2 N–H and O–H groups in total. The summed E-state index contributed by atoms with van der Waals surface area (Å²) in [4.78, 5) is 10.7. The maximum Gasteiger partial charge on any atom is 0.421 e. The lowest BCUT2D eigenvalue weighted by molar-refractivity contribution is 0.177. The highest BCUT2D eigenvalue weighted by atomic mass is 35.5. The summed E-state index contributed by atoms with van der Waals surface area (Å²) < 4.78 is 30.5. The van der Waals surface area contributed by atoms with Gasteiger partial charge in [0.2, 0.25) is 0 Å². The van der Waals surface area contributed by atoms with Crippen LogP contribution in [0.15, 0.2) is 0 Å². The lowest BCUT2D eigenvalue weighted by Gasteiger charge is -2.14. The topological polar surface area (TPSA) is 84.5 Å². The summed E-state index contributed by atoms with van der Waals surface area (Å²) in [5.74, 6) is 0. The molecular formula is C7H15ClN2O4S. The van der Waals surface area contributed by atoms with Gasteiger partial charge in [-0.05, 0) is 20.3 Å². The molecule has 0 bridgehead atoms. The van der Waals surface area contributed by atoms with Crippen molar-refractivity contribution in [2.24, 2.45) is 0 Å². The summed E-state index contributed by atoms with van der Waals surface area (Å²) in [7, 11) is -2.79. The number of hydrogen-bond donors (Lipinski definition) is 2. The molecule has 8 heteroatoms. The van der Waals surface area contributed by atoms with Gasteiger partial charge in [0, 0.05) is 11.4 Å². The Hall–Kier alpha value is -0.530. The molecule has 0 heterocycles. The number of halogens is 1. The van der Waals surface area contributed by atoms with Gasteiger partial charge in [-0.15, -0.1) is 11.6 Å². The number of carbonyl (C=O) groups excluding carboxylic acids is 1. The van der Waals surface area contributed by atoms with Crippen molar-refractivity contribution < 1.29 is 17.9 Å². The second kappa shape index (κ2) is 6.14. The van der Waals surface area contributed by atoms with Crippen molar-refractivity contribution in [3.63, 3.8) is 0 Å². The van der Waals surface area contributed by atoms with Crippen molar-refractivity contribution in [2.45, 2.75) is 31.7 Å². The molecule has 2 unspecified atom stereocenters. The predicted octanol–water partition coefficient (Wildman–Crippen LogP) is 0.583. The van der Waals surface area contributed by atoms with E-state index in [1.807, 2.05) is 0 Å². The van der Waals surface area contributed by atoms with Crippen LogP contribution < -0.4 is 9.44 Å². The van der Waals surface area contributed by atoms with Crippen molar-refractivity contribution in [2.75, 3.05) is 7.11 Å². The van der Waals surface area contributed by atoms with E-state index in [4.69, 9.17) is 11.6 Å². The van der Waals surface area contributed by atoms with Crippen LogP contribution in [-0.4, -0.2) is 33.0 Å². The van der Waals surface area contributed by atoms with Crippen molar-refractivity contribution in [3.05, 3.63) is 0 Å². The standard InChI is InChI=1S/C7H15ClN2O4S/c1-5(8)4-6(2)9-15(12,13)10-7(11)14-3/h5-6,9H,4H2,1-3H3,(H,10,11). The molecule has 0 aliphatic rings. The number of hydrogen-bond acceptors (Lipinski definition) is 4. The minimum atomic E-state index is -3.87. The third-order valence-electron chi connectivity index (χ3n) is 1.44. The quantitative estimate of drug-likeness (QED) is 0.707. The van der Waals surface area contributed by atoms with Crippen LogP contribution in [0, 0.1) is 0 Å². The van der Waals surface area contributed by atoms with Gasteiger partial charge >= 0.3 is 16.3 Å². The molecule has 0 saturated carbocycles. The summed E-state index contributed by atoms with van der Waals surface area (Å²) in [5.41, 5.74) is 0. The predicted molar refractivity (Wildman–Crippen MR) is 57.0 cm³/mol. The molecule has 90 valence electrons. The van der Waals surface area contributed by atoms with Gasteiger partial charge in [-0.2, -0.15) is 13.1 Å². The second-order valence-electron chi connectivity index (χ2n) is 3.13. The fourth-order valence-corrected chi connectivity index (χ4v) is 2.24. The van der Waals surface area contributed by atoms with Gasteiger partial charge in [-0.25, -0.2) is 9.52 Å². The number of amides is 1. The maximum atomic E-state index is 11.2. The van der Waals surface area contributed by atoms with Crippen LogP contribution in [0.25, 0.3) is 0 Å². The van der Waals surface area contributed by atoms with E-state index in [-0.39, 0.29) is 11.4 Å². The largest absolute Gasteiger partial charge is 0.452 e. The Morgan fingerprint density at radius 2 is 2.00 bits per heavy atom. The molecule has 0 aromatic carbocycles. The fourth-order valence-electron chi connectivity index (χ4n) is 0.981. The molecule has 0 aliphatic heterocycles. The molecule has 0 radical (unpaired) electrons. The molecule has 0 rings (SSSR count). The first-order valence-corrected chi connectivity index (χ1v) is 6.21. The molecule has 1 amide bonds. The van der Waals surface area contributed by atoms with E-state index in [0.29, 0.717) is 6.42 Å². The van der Waals surface area contributed by atoms with Crippen molar-refractivity contribution in [1.29, 1.82) is 0 Å². The summed E-state index contributed by atoms with van der Waals surface area (Å²) in [6.45, 7) is 3.40. The molecule has 0 fully saturated rings. The van der Waals surface area contributed by atoms with E-state index in [9.17, 15) is 13.2 Å². The van der Waals surface area contributed by atoms with Crippen molar-refractivity contribution >= 4 is 27.9 Å². The normalized spacial score (nSPS) is 15.5. The Kier molecular flexibility index (Phi) is 5.92. The molecule has 0 aromatic heterocycles. The van der Waals surface area contributed by atoms with Gasteiger partial charge in [-0.1, -0.05) is 0 Å². The van der Waals surface area contributed by atoms with Crippen molar-refractivity contribution in [1.82, 2.24) is 9.44 Å². The van der Waals surface area contributed by atoms with Crippen LogP contribution in [0.1, 0.15) is 20.3 Å². The van der Waals surface area contributed by atoms with Crippen LogP contribution in [0.4, 0.5) is 4.79 Å². The van der Waals surface area contributed by atoms with E-state index >= 15 is 0 Å². The second-order valence-corrected chi connectivity index (χ2v) is 5.32. The third kappa shape index (κ3) is 7.40. The molecule has 6 nitrogen and oxygen atoms in total. The first-order chi connectivity index (χ1) is 6.76. The minimum absolute atomic E-state index is 0.152. The Balaban J connectivity index is 4.20. The summed E-state index contributed by atoms with van der Waals surface area (Å²) in [5, 5.41) is -0.152. The first kappa shape index (κ1) is 14.5. The summed E-state index contributed by atoms with van der Waals surface area (Å²) >= 11 is 5.69. The third-order valence-corrected chi connectivity index (χ3v) is 2.76. The van der Waals surface area contributed by atoms with Gasteiger partial charge in [-0.3, -0.25) is 0 Å². The number of alkyl halides is 1. The van der Waals surface area contributed by atoms with Gasteiger partial charge in [0.15, 0.2) is 0 Å². The Morgan fingerprint density at radius 1 is 1.47 bits per heavy atom. The van der Waals surface area contributed by atoms with Gasteiger partial charge in [0.25, 0.3) is 0 Å². The monoisotopic (exact) mass is 258 g/mol. The maximum absolute atomic E-state index is 11.2. The van der Waals surface area contributed by atoms with E-state index in [0.717, 1.165) is 7.11 Å². The zero-order valence-electron chi connectivity index (χ0n) is 8.78. The number of carbonyl (C=O) groups is 1. The molecular weight excluding hydrogens is 244 g/mol. The summed E-state index contributed by atoms with van der Waals surface area (Å²) in [6, 6.07) is -0.361. The van der Waals surface area contributed by atoms with Gasteiger partial charge < -0.3 is 4.74 Å². The average Bonchev–Trinajstić information content (AvgIpc) is 1.99. The minimum Gasteiger partial charge on any atom is -0.452 e. The lowest BCUT2D eigenvalue weighted by Crippen LogP contribution is -2.44. The number of rotatable bonds is 5. The number of nitrogens with one attached hydrogen (secondary N) is 2. The van der Waals surface area contributed by atoms with Crippen LogP contribution in [0.2, 0.25) is 0 Å². The molecule has 0 aromatic rings. The average molecular weight is 259 g/mol. The summed E-state index contributed by atoms with van der Waals surface area (Å²) in [6.07, 6.45) is -0.572. The van der Waals surface area contributed by atoms with E-state index in [1.54, 1.807) is 18.6 Å². The zero-order valence-corrected chi connectivity index (χ0v) is 10.4. The van der Waals surface area contributed by atoms with Gasteiger partial charge in [0.1, 0.15) is 0 Å². The van der Waals surface area contributed by atoms with Crippen molar-refractivity contribution in [3.8, 4) is 0 Å². The molecule has 0 aliphatic carbocycles. The molecule has 15 heavy (non-hydrogen) atoms. The van der Waals surface area contributed by atoms with Crippen LogP contribution in [0.3, 0.4) is 0 Å². The van der Waals surface area contributed by atoms with Crippen LogP contribution in [0.5, 0.6) is 0 Å². The highest BCUT2D eigenvalue weighted by Crippen LogP contribution is 2.04. The highest BCUT2D eigenvalue weighted by molar-refractivity contribution is 7.88. The molecule has 0 spiro atoms. The molecule has 2 atom stereocenters. The van der Waals surface area contributed by atoms with Crippen LogP contribution >= 0.6 is 11.6 Å². The Labute approximate surface area is 94.5 Å². The fraction of sp³-hybridized carbons (Fsp3) is 0.857. The number of methoxy groups -OCH3 is 1. The number of ether oxygens (including phenoxy) is 1. The zero-order chi connectivity index (χ0) is 12.1. The van der Waals surface area contributed by atoms with E-state index < -0.39 is 16.3 Å². The smallest absolute Gasteiger partial charge is 0.421 e. The van der Waals surface area contributed by atoms with Crippen LogP contribution in [-0.2, 0) is 14.9 Å². The SMILES string of the molecule is COC(=O)NS(=O)(=O)NC(C)CC(C)Cl. The van der Waals surface area contributed by atoms with Gasteiger partial charge in [0.05, 0.1) is 7.11 Å².